The van der Waals surface area contributed by atoms with E-state index in [-0.39, 0.29) is 12.0 Å². The third-order valence-electron chi connectivity index (χ3n) is 2.24. The molecule has 0 aliphatic carbocycles. The molecule has 1 aromatic carbocycles. The fourth-order valence-corrected chi connectivity index (χ4v) is 1.40. The van der Waals surface area contributed by atoms with Crippen LogP contribution in [-0.2, 0) is 16.0 Å². The van der Waals surface area contributed by atoms with Crippen LogP contribution >= 0.6 is 0 Å². The number of anilines is 1. The summed E-state index contributed by atoms with van der Waals surface area (Å²) in [6, 6.07) is 7.84. The first-order chi connectivity index (χ1) is 8.11. The molecule has 17 heavy (non-hydrogen) atoms. The Kier molecular flexibility index (Phi) is 5.49. The second-order valence-corrected chi connectivity index (χ2v) is 4.04. The summed E-state index contributed by atoms with van der Waals surface area (Å²) in [4.78, 5) is 11.3. The molecule has 0 unspecified atom stereocenters. The number of rotatable bonds is 6. The Morgan fingerprint density at radius 2 is 2.06 bits per heavy atom. The van der Waals surface area contributed by atoms with Crippen LogP contribution in [0.15, 0.2) is 24.3 Å². The van der Waals surface area contributed by atoms with Crippen molar-refractivity contribution in [2.24, 2.45) is 5.73 Å². The van der Waals surface area contributed by atoms with Crippen molar-refractivity contribution >= 4 is 11.7 Å². The van der Waals surface area contributed by atoms with Gasteiger partial charge in [-0.3, -0.25) is 4.79 Å². The summed E-state index contributed by atoms with van der Waals surface area (Å²) in [5.41, 5.74) is 7.61. The molecule has 0 saturated carbocycles. The van der Waals surface area contributed by atoms with Crippen LogP contribution in [0.25, 0.3) is 0 Å². The van der Waals surface area contributed by atoms with Gasteiger partial charge in [0.1, 0.15) is 0 Å². The maximum Gasteiger partial charge on any atom is 0.310 e. The third-order valence-corrected chi connectivity index (χ3v) is 2.24. The number of hydrogen-bond acceptors (Lipinski definition) is 4. The summed E-state index contributed by atoms with van der Waals surface area (Å²) >= 11 is 0. The van der Waals surface area contributed by atoms with Crippen molar-refractivity contribution in [2.45, 2.75) is 26.3 Å². The summed E-state index contributed by atoms with van der Waals surface area (Å²) in [5, 5.41) is 3.21. The lowest BCUT2D eigenvalue weighted by Crippen LogP contribution is -2.25. The number of esters is 1. The maximum absolute atomic E-state index is 11.3. The lowest BCUT2D eigenvalue weighted by Gasteiger charge is -2.09. The van der Waals surface area contributed by atoms with Crippen LogP contribution < -0.4 is 11.1 Å². The number of nitrogens with two attached hydrogens (primary N) is 1. The van der Waals surface area contributed by atoms with E-state index in [1.54, 1.807) is 6.92 Å². The zero-order valence-corrected chi connectivity index (χ0v) is 10.4. The van der Waals surface area contributed by atoms with E-state index >= 15 is 0 Å². The smallest absolute Gasteiger partial charge is 0.310 e. The topological polar surface area (TPSA) is 64.3 Å². The molecule has 0 heterocycles. The summed E-state index contributed by atoms with van der Waals surface area (Å²) in [5.74, 6) is -0.191. The Bertz CT molecular complexity index is 347. The van der Waals surface area contributed by atoms with Gasteiger partial charge in [0, 0.05) is 18.3 Å². The van der Waals surface area contributed by atoms with Gasteiger partial charge in [0.25, 0.3) is 0 Å². The zero-order valence-electron chi connectivity index (χ0n) is 10.4. The highest BCUT2D eigenvalue weighted by atomic mass is 16.5. The Morgan fingerprint density at radius 1 is 1.41 bits per heavy atom. The molecule has 0 radical (unpaired) electrons. The van der Waals surface area contributed by atoms with Crippen LogP contribution in [-0.4, -0.2) is 25.2 Å². The van der Waals surface area contributed by atoms with Gasteiger partial charge in [0.15, 0.2) is 0 Å². The Morgan fingerprint density at radius 3 is 2.59 bits per heavy atom. The lowest BCUT2D eigenvalue weighted by molar-refractivity contribution is -0.142. The molecule has 3 N–H and O–H groups in total. The largest absolute Gasteiger partial charge is 0.466 e. The van der Waals surface area contributed by atoms with E-state index in [1.165, 1.54) is 0 Å². The molecule has 0 spiro atoms. The fourth-order valence-electron chi connectivity index (χ4n) is 1.40. The van der Waals surface area contributed by atoms with Gasteiger partial charge in [0.05, 0.1) is 13.0 Å². The Labute approximate surface area is 102 Å². The van der Waals surface area contributed by atoms with Crippen molar-refractivity contribution in [3.8, 4) is 0 Å². The molecule has 0 fully saturated rings. The van der Waals surface area contributed by atoms with Gasteiger partial charge >= 0.3 is 5.97 Å². The molecule has 0 aliphatic heterocycles. The van der Waals surface area contributed by atoms with E-state index in [0.29, 0.717) is 13.0 Å². The molecule has 94 valence electrons. The predicted molar refractivity (Wildman–Crippen MR) is 68.9 cm³/mol. The van der Waals surface area contributed by atoms with E-state index in [9.17, 15) is 4.79 Å². The minimum atomic E-state index is -0.191. The first kappa shape index (κ1) is 13.5. The van der Waals surface area contributed by atoms with E-state index < -0.39 is 0 Å². The summed E-state index contributed by atoms with van der Waals surface area (Å²) < 4.78 is 4.88. The maximum atomic E-state index is 11.3. The summed E-state index contributed by atoms with van der Waals surface area (Å²) in [6.07, 6.45) is 0.321. The number of ether oxygens (including phenoxy) is 1. The van der Waals surface area contributed by atoms with E-state index in [0.717, 1.165) is 17.8 Å². The summed E-state index contributed by atoms with van der Waals surface area (Å²) in [6.45, 7) is 4.91. The van der Waals surface area contributed by atoms with E-state index in [4.69, 9.17) is 10.5 Å². The molecule has 1 rings (SSSR count). The molecule has 4 heteroatoms. The van der Waals surface area contributed by atoms with Gasteiger partial charge in [-0.2, -0.15) is 0 Å². The van der Waals surface area contributed by atoms with Crippen LogP contribution in [0.1, 0.15) is 19.4 Å². The van der Waals surface area contributed by atoms with Crippen molar-refractivity contribution in [3.63, 3.8) is 0 Å². The van der Waals surface area contributed by atoms with Crippen molar-refractivity contribution in [2.75, 3.05) is 18.5 Å². The third kappa shape index (κ3) is 5.36. The number of carbonyl (C=O) groups excluding carboxylic acids is 1. The van der Waals surface area contributed by atoms with Gasteiger partial charge in [-0.15, -0.1) is 0 Å². The van der Waals surface area contributed by atoms with Gasteiger partial charge < -0.3 is 15.8 Å². The number of hydrogen-bond donors (Lipinski definition) is 2. The van der Waals surface area contributed by atoms with Crippen molar-refractivity contribution in [1.29, 1.82) is 0 Å². The average Bonchev–Trinajstić information content (AvgIpc) is 2.28. The molecule has 0 saturated heterocycles. The monoisotopic (exact) mass is 236 g/mol. The first-order valence-electron chi connectivity index (χ1n) is 5.85. The Balaban J connectivity index is 2.47. The van der Waals surface area contributed by atoms with Crippen molar-refractivity contribution in [1.82, 2.24) is 0 Å². The minimum absolute atomic E-state index is 0.120. The van der Waals surface area contributed by atoms with Crippen molar-refractivity contribution < 1.29 is 9.53 Å². The van der Waals surface area contributed by atoms with Crippen LogP contribution in [0.4, 0.5) is 5.69 Å². The molecule has 0 amide bonds. The lowest BCUT2D eigenvalue weighted by atomic mass is 10.1. The molecule has 4 nitrogen and oxygen atoms in total. The average molecular weight is 236 g/mol. The SMILES string of the molecule is CCOC(=O)Cc1ccc(NC[C@@H](C)N)cc1. The normalized spacial score (nSPS) is 11.9. The standard InChI is InChI=1S/C13H20N2O2/c1-3-17-13(16)8-11-4-6-12(7-5-11)15-9-10(2)14/h4-7,10,15H,3,8-9,14H2,1-2H3/t10-/m1/s1. The van der Waals surface area contributed by atoms with E-state index in [2.05, 4.69) is 5.32 Å². The highest BCUT2D eigenvalue weighted by Crippen LogP contribution is 2.10. The van der Waals surface area contributed by atoms with Gasteiger partial charge in [-0.05, 0) is 31.5 Å². The van der Waals surface area contributed by atoms with Crippen LogP contribution in [0.3, 0.4) is 0 Å². The quantitative estimate of drug-likeness (QED) is 0.736. The van der Waals surface area contributed by atoms with E-state index in [1.807, 2.05) is 31.2 Å². The molecule has 0 bridgehead atoms. The van der Waals surface area contributed by atoms with Crippen molar-refractivity contribution in [3.05, 3.63) is 29.8 Å². The van der Waals surface area contributed by atoms with Gasteiger partial charge in [0.2, 0.25) is 0 Å². The number of carbonyl (C=O) groups is 1. The molecule has 1 aromatic rings. The number of nitrogens with one attached hydrogen (secondary N) is 1. The predicted octanol–water partition coefficient (Wildman–Crippen LogP) is 1.55. The highest BCUT2D eigenvalue weighted by molar-refractivity contribution is 5.72. The zero-order chi connectivity index (χ0) is 12.7. The molecule has 0 aliphatic rings. The number of benzene rings is 1. The minimum Gasteiger partial charge on any atom is -0.466 e. The van der Waals surface area contributed by atoms with Crippen LogP contribution in [0.5, 0.6) is 0 Å². The molecule has 0 aromatic heterocycles. The Hall–Kier alpha value is -1.55. The molecule has 1 atom stereocenters. The highest BCUT2D eigenvalue weighted by Gasteiger charge is 2.03. The second kappa shape index (κ2) is 6.91. The van der Waals surface area contributed by atoms with Gasteiger partial charge in [-0.25, -0.2) is 0 Å². The summed E-state index contributed by atoms with van der Waals surface area (Å²) in [7, 11) is 0. The molecular formula is C13H20N2O2. The molecular weight excluding hydrogens is 216 g/mol. The second-order valence-electron chi connectivity index (χ2n) is 4.04. The van der Waals surface area contributed by atoms with Gasteiger partial charge in [-0.1, -0.05) is 12.1 Å². The van der Waals surface area contributed by atoms with Crippen LogP contribution in [0.2, 0.25) is 0 Å². The first-order valence-corrected chi connectivity index (χ1v) is 5.85. The fraction of sp³-hybridized carbons (Fsp3) is 0.462. The van der Waals surface area contributed by atoms with Crippen LogP contribution in [0, 0.1) is 0 Å².